The van der Waals surface area contributed by atoms with E-state index in [1.165, 1.54) is 0 Å². The van der Waals surface area contributed by atoms with E-state index in [0.29, 0.717) is 0 Å². The molecule has 1 aromatic carbocycles. The Morgan fingerprint density at radius 2 is 2.14 bits per heavy atom. The molecule has 0 amide bonds. The molecule has 0 saturated carbocycles. The SMILES string of the molecule is Cc1cc(-c2ccco2)cc(Br)c1Cl. The van der Waals surface area contributed by atoms with Crippen LogP contribution in [-0.2, 0) is 0 Å². The van der Waals surface area contributed by atoms with Gasteiger partial charge in [0.15, 0.2) is 0 Å². The minimum Gasteiger partial charge on any atom is -0.464 e. The summed E-state index contributed by atoms with van der Waals surface area (Å²) < 4.78 is 6.20. The molecule has 0 atom stereocenters. The van der Waals surface area contributed by atoms with Gasteiger partial charge in [-0.2, -0.15) is 0 Å². The van der Waals surface area contributed by atoms with E-state index in [1.54, 1.807) is 6.26 Å². The number of halogens is 2. The molecule has 0 aliphatic rings. The highest BCUT2D eigenvalue weighted by atomic mass is 79.9. The van der Waals surface area contributed by atoms with E-state index in [9.17, 15) is 0 Å². The van der Waals surface area contributed by atoms with Gasteiger partial charge in [-0.3, -0.25) is 0 Å². The first-order valence-electron chi connectivity index (χ1n) is 4.18. The summed E-state index contributed by atoms with van der Waals surface area (Å²) >= 11 is 9.44. The highest BCUT2D eigenvalue weighted by molar-refractivity contribution is 9.10. The van der Waals surface area contributed by atoms with Gasteiger partial charge in [0.05, 0.1) is 11.3 Å². The molecule has 0 radical (unpaired) electrons. The summed E-state index contributed by atoms with van der Waals surface area (Å²) in [7, 11) is 0. The largest absolute Gasteiger partial charge is 0.464 e. The van der Waals surface area contributed by atoms with Crippen LogP contribution in [0.15, 0.2) is 39.4 Å². The Morgan fingerprint density at radius 3 is 2.71 bits per heavy atom. The van der Waals surface area contributed by atoms with Gasteiger partial charge in [-0.15, -0.1) is 0 Å². The van der Waals surface area contributed by atoms with E-state index in [2.05, 4.69) is 15.9 Å². The number of aryl methyl sites for hydroxylation is 1. The fourth-order valence-corrected chi connectivity index (χ4v) is 1.98. The van der Waals surface area contributed by atoms with E-state index in [1.807, 2.05) is 31.2 Å². The topological polar surface area (TPSA) is 13.1 Å². The van der Waals surface area contributed by atoms with Crippen LogP contribution in [0, 0.1) is 6.92 Å². The van der Waals surface area contributed by atoms with Crippen molar-refractivity contribution >= 4 is 27.5 Å². The highest BCUT2D eigenvalue weighted by Gasteiger charge is 2.06. The van der Waals surface area contributed by atoms with Crippen molar-refractivity contribution in [2.75, 3.05) is 0 Å². The standard InChI is InChI=1S/C11H8BrClO/c1-7-5-8(6-9(12)11(7)13)10-3-2-4-14-10/h2-6H,1H3. The first-order chi connectivity index (χ1) is 6.68. The van der Waals surface area contributed by atoms with E-state index >= 15 is 0 Å². The summed E-state index contributed by atoms with van der Waals surface area (Å²) in [4.78, 5) is 0. The van der Waals surface area contributed by atoms with Crippen molar-refractivity contribution in [1.82, 2.24) is 0 Å². The molecule has 0 unspecified atom stereocenters. The molecular formula is C11H8BrClO. The van der Waals surface area contributed by atoms with E-state index < -0.39 is 0 Å². The Morgan fingerprint density at radius 1 is 1.36 bits per heavy atom. The summed E-state index contributed by atoms with van der Waals surface area (Å²) in [6, 6.07) is 7.75. The van der Waals surface area contributed by atoms with Crippen LogP contribution >= 0.6 is 27.5 Å². The number of furan rings is 1. The zero-order chi connectivity index (χ0) is 10.1. The van der Waals surface area contributed by atoms with E-state index in [4.69, 9.17) is 16.0 Å². The molecule has 0 aliphatic carbocycles. The molecule has 2 rings (SSSR count). The summed E-state index contributed by atoms with van der Waals surface area (Å²) in [6.45, 7) is 1.97. The van der Waals surface area contributed by atoms with Crippen molar-refractivity contribution in [1.29, 1.82) is 0 Å². The minimum absolute atomic E-state index is 0.750. The normalized spacial score (nSPS) is 10.5. The number of benzene rings is 1. The van der Waals surface area contributed by atoms with Crippen molar-refractivity contribution in [2.24, 2.45) is 0 Å². The second kappa shape index (κ2) is 3.79. The minimum atomic E-state index is 0.750. The van der Waals surface area contributed by atoms with Gasteiger partial charge in [0.25, 0.3) is 0 Å². The Balaban J connectivity index is 2.57. The van der Waals surface area contributed by atoms with Crippen LogP contribution in [0.1, 0.15) is 5.56 Å². The molecule has 14 heavy (non-hydrogen) atoms. The van der Waals surface area contributed by atoms with Crippen LogP contribution in [0.5, 0.6) is 0 Å². The average molecular weight is 272 g/mol. The third-order valence-corrected chi connectivity index (χ3v) is 3.37. The number of hydrogen-bond acceptors (Lipinski definition) is 1. The summed E-state index contributed by atoms with van der Waals surface area (Å²) in [5.74, 6) is 0.852. The zero-order valence-electron chi connectivity index (χ0n) is 7.55. The summed E-state index contributed by atoms with van der Waals surface area (Å²) in [5.41, 5.74) is 2.07. The van der Waals surface area contributed by atoms with Gasteiger partial charge in [-0.05, 0) is 52.7 Å². The fourth-order valence-electron chi connectivity index (χ4n) is 1.31. The maximum Gasteiger partial charge on any atom is 0.133 e. The van der Waals surface area contributed by atoms with Crippen LogP contribution in [0.25, 0.3) is 11.3 Å². The van der Waals surface area contributed by atoms with Crippen molar-refractivity contribution in [2.45, 2.75) is 6.92 Å². The molecule has 1 heterocycles. The molecule has 2 aromatic rings. The van der Waals surface area contributed by atoms with Gasteiger partial charge >= 0.3 is 0 Å². The Kier molecular flexibility index (Phi) is 2.66. The second-order valence-corrected chi connectivity index (χ2v) is 4.30. The first kappa shape index (κ1) is 9.81. The lowest BCUT2D eigenvalue weighted by molar-refractivity contribution is 0.582. The van der Waals surface area contributed by atoms with Crippen molar-refractivity contribution in [3.05, 3.63) is 45.6 Å². The van der Waals surface area contributed by atoms with Gasteiger partial charge in [0, 0.05) is 10.0 Å². The Bertz CT molecular complexity index is 425. The number of rotatable bonds is 1. The summed E-state index contributed by atoms with van der Waals surface area (Å²) in [5, 5.41) is 0.750. The number of hydrogen-bond donors (Lipinski definition) is 0. The Labute approximate surface area is 95.8 Å². The average Bonchev–Trinajstić information content (AvgIpc) is 2.66. The fraction of sp³-hybridized carbons (Fsp3) is 0.0909. The molecule has 0 N–H and O–H groups in total. The quantitative estimate of drug-likeness (QED) is 0.734. The molecule has 1 aromatic heterocycles. The Hall–Kier alpha value is -0.730. The lowest BCUT2D eigenvalue weighted by atomic mass is 10.1. The molecule has 3 heteroatoms. The third-order valence-electron chi connectivity index (χ3n) is 2.02. The predicted octanol–water partition coefficient (Wildman–Crippen LogP) is 4.67. The second-order valence-electron chi connectivity index (χ2n) is 3.07. The molecule has 0 bridgehead atoms. The maximum atomic E-state index is 6.03. The predicted molar refractivity (Wildman–Crippen MR) is 61.6 cm³/mol. The van der Waals surface area contributed by atoms with Crippen LogP contribution in [0.3, 0.4) is 0 Å². The highest BCUT2D eigenvalue weighted by Crippen LogP contribution is 2.32. The van der Waals surface area contributed by atoms with Gasteiger partial charge in [0.1, 0.15) is 5.76 Å². The third kappa shape index (κ3) is 1.72. The molecule has 0 saturated heterocycles. The lowest BCUT2D eigenvalue weighted by Gasteiger charge is -2.04. The van der Waals surface area contributed by atoms with Crippen molar-refractivity contribution in [3.63, 3.8) is 0 Å². The van der Waals surface area contributed by atoms with E-state index in [0.717, 1.165) is 26.4 Å². The smallest absolute Gasteiger partial charge is 0.133 e. The maximum absolute atomic E-state index is 6.03. The van der Waals surface area contributed by atoms with Crippen molar-refractivity contribution in [3.8, 4) is 11.3 Å². The van der Waals surface area contributed by atoms with Crippen LogP contribution < -0.4 is 0 Å². The zero-order valence-corrected chi connectivity index (χ0v) is 9.89. The first-order valence-corrected chi connectivity index (χ1v) is 5.35. The lowest BCUT2D eigenvalue weighted by Crippen LogP contribution is -1.81. The molecule has 1 nitrogen and oxygen atoms in total. The van der Waals surface area contributed by atoms with Gasteiger partial charge in [-0.1, -0.05) is 11.6 Å². The van der Waals surface area contributed by atoms with Crippen molar-refractivity contribution < 1.29 is 4.42 Å². The molecular weight excluding hydrogens is 263 g/mol. The van der Waals surface area contributed by atoms with E-state index in [-0.39, 0.29) is 0 Å². The molecule has 72 valence electrons. The molecule has 0 fully saturated rings. The van der Waals surface area contributed by atoms with Gasteiger partial charge in [-0.25, -0.2) is 0 Å². The molecule has 0 aliphatic heterocycles. The van der Waals surface area contributed by atoms with Crippen LogP contribution in [0.2, 0.25) is 5.02 Å². The van der Waals surface area contributed by atoms with Gasteiger partial charge in [0.2, 0.25) is 0 Å². The van der Waals surface area contributed by atoms with Gasteiger partial charge < -0.3 is 4.42 Å². The summed E-state index contributed by atoms with van der Waals surface area (Å²) in [6.07, 6.45) is 1.66. The monoisotopic (exact) mass is 270 g/mol. The van der Waals surface area contributed by atoms with Crippen LogP contribution in [-0.4, -0.2) is 0 Å². The van der Waals surface area contributed by atoms with Crippen LogP contribution in [0.4, 0.5) is 0 Å². The molecule has 0 spiro atoms.